The Kier molecular flexibility index (Phi) is 4.48. The number of aromatic hydroxyl groups is 1. The molecule has 106 valence electrons. The fourth-order valence-electron chi connectivity index (χ4n) is 3.31. The van der Waals surface area contributed by atoms with Crippen molar-refractivity contribution >= 4 is 0 Å². The maximum absolute atomic E-state index is 9.41. The highest BCUT2D eigenvalue weighted by Gasteiger charge is 2.34. The zero-order chi connectivity index (χ0) is 14.0. The highest BCUT2D eigenvalue weighted by atomic mass is 16.3. The fraction of sp³-hybridized carbons (Fsp3) is 0.625. The van der Waals surface area contributed by atoms with Gasteiger partial charge in [0.25, 0.3) is 0 Å². The van der Waals surface area contributed by atoms with E-state index in [1.54, 1.807) is 12.1 Å². The molecule has 1 aliphatic rings. The molecule has 3 heteroatoms. The molecule has 2 rings (SSSR count). The molecular formula is C16H26N2O. The first-order valence-electron chi connectivity index (χ1n) is 7.22. The quantitative estimate of drug-likeness (QED) is 0.904. The van der Waals surface area contributed by atoms with Crippen LogP contribution in [-0.2, 0) is 0 Å². The molecule has 0 amide bonds. The van der Waals surface area contributed by atoms with Crippen LogP contribution in [0.4, 0.5) is 0 Å². The Hall–Kier alpha value is -1.06. The third-order valence-corrected chi connectivity index (χ3v) is 4.37. The van der Waals surface area contributed by atoms with Crippen molar-refractivity contribution in [2.24, 2.45) is 5.92 Å². The number of rotatable bonds is 4. The zero-order valence-corrected chi connectivity index (χ0v) is 12.5. The van der Waals surface area contributed by atoms with Crippen LogP contribution in [0.3, 0.4) is 0 Å². The molecule has 0 aliphatic carbocycles. The predicted octanol–water partition coefficient (Wildman–Crippen LogP) is 2.73. The summed E-state index contributed by atoms with van der Waals surface area (Å²) in [6, 6.07) is 8.80. The third-order valence-electron chi connectivity index (χ3n) is 4.37. The van der Waals surface area contributed by atoms with Crippen LogP contribution >= 0.6 is 0 Å². The number of hydrogen-bond acceptors (Lipinski definition) is 3. The van der Waals surface area contributed by atoms with E-state index in [4.69, 9.17) is 0 Å². The Bertz CT molecular complexity index is 402. The number of nitrogens with zero attached hydrogens (tertiary/aromatic N) is 2. The minimum absolute atomic E-state index is 0.347. The molecule has 19 heavy (non-hydrogen) atoms. The van der Waals surface area contributed by atoms with Crippen molar-refractivity contribution in [3.63, 3.8) is 0 Å². The van der Waals surface area contributed by atoms with Crippen LogP contribution in [-0.4, -0.2) is 48.1 Å². The largest absolute Gasteiger partial charge is 0.508 e. The van der Waals surface area contributed by atoms with Crippen molar-refractivity contribution in [3.05, 3.63) is 29.8 Å². The standard InChI is InChI=1S/C16H26N2O/c1-5-15(13-6-8-14(19)9-7-13)18-10-12(2)16(11-18)17(3)4/h6-9,12,15-16,19H,5,10-11H2,1-4H3. The number of benzene rings is 1. The summed E-state index contributed by atoms with van der Waals surface area (Å²) < 4.78 is 0. The highest BCUT2D eigenvalue weighted by Crippen LogP contribution is 2.32. The van der Waals surface area contributed by atoms with E-state index >= 15 is 0 Å². The number of likely N-dealkylation sites (tertiary alicyclic amines) is 1. The molecule has 0 aromatic heterocycles. The van der Waals surface area contributed by atoms with E-state index in [9.17, 15) is 5.11 Å². The predicted molar refractivity (Wildman–Crippen MR) is 79.4 cm³/mol. The summed E-state index contributed by atoms with van der Waals surface area (Å²) in [6.45, 7) is 6.87. The molecule has 0 bridgehead atoms. The van der Waals surface area contributed by atoms with Crippen molar-refractivity contribution < 1.29 is 5.11 Å². The lowest BCUT2D eigenvalue weighted by Crippen LogP contribution is -2.35. The summed E-state index contributed by atoms with van der Waals surface area (Å²) in [7, 11) is 4.35. The van der Waals surface area contributed by atoms with Crippen LogP contribution in [0.5, 0.6) is 5.75 Å². The fourth-order valence-corrected chi connectivity index (χ4v) is 3.31. The van der Waals surface area contributed by atoms with Gasteiger partial charge < -0.3 is 10.0 Å². The minimum Gasteiger partial charge on any atom is -0.508 e. The molecule has 0 radical (unpaired) electrons. The van der Waals surface area contributed by atoms with Crippen LogP contribution < -0.4 is 0 Å². The SMILES string of the molecule is CCC(c1ccc(O)cc1)N1CC(C)C(N(C)C)C1. The smallest absolute Gasteiger partial charge is 0.115 e. The first kappa shape index (κ1) is 14.4. The first-order valence-corrected chi connectivity index (χ1v) is 7.22. The van der Waals surface area contributed by atoms with Crippen molar-refractivity contribution in [1.82, 2.24) is 9.80 Å². The maximum Gasteiger partial charge on any atom is 0.115 e. The second-order valence-electron chi connectivity index (χ2n) is 5.98. The summed E-state index contributed by atoms with van der Waals surface area (Å²) in [5.74, 6) is 1.06. The van der Waals surface area contributed by atoms with Gasteiger partial charge in [0.05, 0.1) is 0 Å². The van der Waals surface area contributed by atoms with Crippen LogP contribution in [0.2, 0.25) is 0 Å². The summed E-state index contributed by atoms with van der Waals surface area (Å²) in [6.07, 6.45) is 1.11. The Morgan fingerprint density at radius 2 is 1.89 bits per heavy atom. The third kappa shape index (κ3) is 3.10. The molecule has 1 aromatic rings. The van der Waals surface area contributed by atoms with E-state index in [0.717, 1.165) is 19.5 Å². The van der Waals surface area contributed by atoms with Gasteiger partial charge in [-0.3, -0.25) is 4.90 Å². The maximum atomic E-state index is 9.41. The Balaban J connectivity index is 2.13. The molecule has 1 aliphatic heterocycles. The van der Waals surface area contributed by atoms with Crippen molar-refractivity contribution in [2.45, 2.75) is 32.4 Å². The van der Waals surface area contributed by atoms with E-state index in [1.165, 1.54) is 5.56 Å². The topological polar surface area (TPSA) is 26.7 Å². The second-order valence-corrected chi connectivity index (χ2v) is 5.98. The lowest BCUT2D eigenvalue weighted by molar-refractivity contribution is 0.211. The molecule has 3 unspecified atom stereocenters. The van der Waals surface area contributed by atoms with Gasteiger partial charge >= 0.3 is 0 Å². The van der Waals surface area contributed by atoms with Gasteiger partial charge in [0, 0.05) is 25.2 Å². The van der Waals surface area contributed by atoms with Gasteiger partial charge in [-0.25, -0.2) is 0 Å². The number of hydrogen-bond donors (Lipinski definition) is 1. The van der Waals surface area contributed by atoms with Crippen LogP contribution in [0, 0.1) is 5.92 Å². The number of phenolic OH excluding ortho intramolecular Hbond substituents is 1. The van der Waals surface area contributed by atoms with Crippen LogP contribution in [0.15, 0.2) is 24.3 Å². The number of phenols is 1. The molecule has 3 atom stereocenters. The molecule has 1 heterocycles. The van der Waals surface area contributed by atoms with Gasteiger partial charge in [-0.2, -0.15) is 0 Å². The molecule has 1 fully saturated rings. The van der Waals surface area contributed by atoms with Gasteiger partial charge in [-0.05, 0) is 44.1 Å². The van der Waals surface area contributed by atoms with E-state index in [-0.39, 0.29) is 0 Å². The minimum atomic E-state index is 0.347. The van der Waals surface area contributed by atoms with E-state index in [0.29, 0.717) is 23.8 Å². The van der Waals surface area contributed by atoms with E-state index in [2.05, 4.69) is 49.9 Å². The van der Waals surface area contributed by atoms with Gasteiger partial charge in [-0.15, -0.1) is 0 Å². The van der Waals surface area contributed by atoms with Crippen LogP contribution in [0.1, 0.15) is 31.9 Å². The highest BCUT2D eigenvalue weighted by molar-refractivity contribution is 5.28. The molecule has 1 N–H and O–H groups in total. The average Bonchev–Trinajstić information content (AvgIpc) is 2.75. The average molecular weight is 262 g/mol. The Morgan fingerprint density at radius 3 is 2.37 bits per heavy atom. The lowest BCUT2D eigenvalue weighted by atomic mass is 10.0. The second kappa shape index (κ2) is 5.93. The summed E-state index contributed by atoms with van der Waals surface area (Å²) in [5, 5.41) is 9.41. The van der Waals surface area contributed by atoms with E-state index in [1.807, 2.05) is 0 Å². The molecule has 0 saturated carbocycles. The van der Waals surface area contributed by atoms with Crippen molar-refractivity contribution in [3.8, 4) is 5.75 Å². The zero-order valence-electron chi connectivity index (χ0n) is 12.5. The van der Waals surface area contributed by atoms with Crippen molar-refractivity contribution in [1.29, 1.82) is 0 Å². The molecule has 1 aromatic carbocycles. The van der Waals surface area contributed by atoms with Gasteiger partial charge in [0.15, 0.2) is 0 Å². The van der Waals surface area contributed by atoms with Gasteiger partial charge in [0.2, 0.25) is 0 Å². The molecular weight excluding hydrogens is 236 g/mol. The Morgan fingerprint density at radius 1 is 1.26 bits per heavy atom. The van der Waals surface area contributed by atoms with Crippen molar-refractivity contribution in [2.75, 3.05) is 27.2 Å². The van der Waals surface area contributed by atoms with Gasteiger partial charge in [0.1, 0.15) is 5.75 Å². The van der Waals surface area contributed by atoms with Gasteiger partial charge in [-0.1, -0.05) is 26.0 Å². The number of likely N-dealkylation sites (N-methyl/N-ethyl adjacent to an activating group) is 1. The molecule has 0 spiro atoms. The monoisotopic (exact) mass is 262 g/mol. The first-order chi connectivity index (χ1) is 9.02. The summed E-state index contributed by atoms with van der Waals surface area (Å²) in [4.78, 5) is 4.93. The molecule has 3 nitrogen and oxygen atoms in total. The summed E-state index contributed by atoms with van der Waals surface area (Å²) >= 11 is 0. The molecule has 1 saturated heterocycles. The van der Waals surface area contributed by atoms with Crippen LogP contribution in [0.25, 0.3) is 0 Å². The lowest BCUT2D eigenvalue weighted by Gasteiger charge is -2.28. The summed E-state index contributed by atoms with van der Waals surface area (Å²) in [5.41, 5.74) is 1.31. The van der Waals surface area contributed by atoms with E-state index < -0.39 is 0 Å². The normalized spacial score (nSPS) is 25.9. The Labute approximate surface area is 116 Å².